The molecule has 0 aliphatic rings. The van der Waals surface area contributed by atoms with Gasteiger partial charge in [0, 0.05) is 11.3 Å². The van der Waals surface area contributed by atoms with Crippen LogP contribution in [0.4, 0.5) is 11.4 Å². The van der Waals surface area contributed by atoms with E-state index >= 15 is 0 Å². The van der Waals surface area contributed by atoms with Crippen LogP contribution in [0.3, 0.4) is 0 Å². The average Bonchev–Trinajstić information content (AvgIpc) is 2.36. The van der Waals surface area contributed by atoms with Crippen LogP contribution in [0.1, 0.15) is 21.6 Å². The fraction of sp³-hybridized carbons (Fsp3) is 0.143. The number of rotatable bonds is 2. The highest BCUT2D eigenvalue weighted by molar-refractivity contribution is 6.29. The van der Waals surface area contributed by atoms with Crippen LogP contribution >= 0.6 is 11.6 Å². The molecule has 0 fully saturated rings. The van der Waals surface area contributed by atoms with E-state index in [1.54, 1.807) is 37.3 Å². The van der Waals surface area contributed by atoms with Gasteiger partial charge in [-0.05, 0) is 49.7 Å². The number of carbonyl (C=O) groups excluding carboxylic acids is 1. The van der Waals surface area contributed by atoms with Gasteiger partial charge >= 0.3 is 0 Å². The molecule has 0 radical (unpaired) electrons. The number of aryl methyl sites for hydroxylation is 2. The van der Waals surface area contributed by atoms with Crippen molar-refractivity contribution in [3.05, 3.63) is 52.3 Å². The molecule has 1 aromatic carbocycles. The molecule has 0 saturated carbocycles. The number of amides is 1. The molecule has 2 rings (SSSR count). The quantitative estimate of drug-likeness (QED) is 0.653. The first-order chi connectivity index (χ1) is 8.97. The maximum atomic E-state index is 12.1. The molecule has 0 atom stereocenters. The smallest absolute Gasteiger partial charge is 0.255 e. The van der Waals surface area contributed by atoms with Crippen molar-refractivity contribution < 1.29 is 4.79 Å². The van der Waals surface area contributed by atoms with Gasteiger partial charge in [0.2, 0.25) is 0 Å². The lowest BCUT2D eigenvalue weighted by Crippen LogP contribution is -2.13. The minimum absolute atomic E-state index is 0.199. The number of nitrogens with one attached hydrogen (secondary N) is 1. The minimum atomic E-state index is -0.199. The second-order valence-corrected chi connectivity index (χ2v) is 4.68. The molecule has 1 aromatic heterocycles. The highest BCUT2D eigenvalue weighted by atomic mass is 35.5. The first kappa shape index (κ1) is 13.4. The summed E-state index contributed by atoms with van der Waals surface area (Å²) >= 11 is 5.77. The number of halogens is 1. The van der Waals surface area contributed by atoms with Crippen molar-refractivity contribution in [1.82, 2.24) is 4.98 Å². The molecule has 19 heavy (non-hydrogen) atoms. The summed E-state index contributed by atoms with van der Waals surface area (Å²) in [5, 5.41) is 3.20. The van der Waals surface area contributed by atoms with Gasteiger partial charge in [0.1, 0.15) is 5.15 Å². The standard InChI is InChI=1S/C14H14ClN3O/c1-8-7-10(3-4-11(8)16)14(19)18-12-5-6-13(15)17-9(12)2/h3-7H,16H2,1-2H3,(H,18,19). The van der Waals surface area contributed by atoms with Crippen molar-refractivity contribution in [1.29, 1.82) is 0 Å². The highest BCUT2D eigenvalue weighted by Gasteiger charge is 2.09. The monoisotopic (exact) mass is 275 g/mol. The summed E-state index contributed by atoms with van der Waals surface area (Å²) in [6.45, 7) is 3.65. The third kappa shape index (κ3) is 3.03. The second kappa shape index (κ2) is 5.28. The van der Waals surface area contributed by atoms with E-state index in [9.17, 15) is 4.79 Å². The van der Waals surface area contributed by atoms with Gasteiger partial charge in [-0.2, -0.15) is 0 Å². The van der Waals surface area contributed by atoms with Gasteiger partial charge in [0.05, 0.1) is 11.4 Å². The first-order valence-corrected chi connectivity index (χ1v) is 6.16. The predicted molar refractivity (Wildman–Crippen MR) is 77.5 cm³/mol. The predicted octanol–water partition coefficient (Wildman–Crippen LogP) is 3.19. The van der Waals surface area contributed by atoms with Crippen molar-refractivity contribution >= 4 is 28.9 Å². The Morgan fingerprint density at radius 1 is 1.26 bits per heavy atom. The Hall–Kier alpha value is -2.07. The zero-order valence-corrected chi connectivity index (χ0v) is 11.5. The van der Waals surface area contributed by atoms with Crippen LogP contribution in [0.15, 0.2) is 30.3 Å². The summed E-state index contributed by atoms with van der Waals surface area (Å²) in [5.41, 5.74) is 9.14. The molecule has 1 heterocycles. The van der Waals surface area contributed by atoms with Gasteiger partial charge in [-0.25, -0.2) is 4.98 Å². The molecule has 0 saturated heterocycles. The van der Waals surface area contributed by atoms with E-state index in [-0.39, 0.29) is 5.91 Å². The molecular formula is C14H14ClN3O. The van der Waals surface area contributed by atoms with Crippen LogP contribution in [0.25, 0.3) is 0 Å². The van der Waals surface area contributed by atoms with Crippen molar-refractivity contribution in [2.45, 2.75) is 13.8 Å². The van der Waals surface area contributed by atoms with Crippen molar-refractivity contribution in [2.24, 2.45) is 0 Å². The van der Waals surface area contributed by atoms with E-state index in [4.69, 9.17) is 17.3 Å². The number of hydrogen-bond acceptors (Lipinski definition) is 3. The fourth-order valence-electron chi connectivity index (χ4n) is 1.67. The molecule has 98 valence electrons. The van der Waals surface area contributed by atoms with Gasteiger partial charge in [0.25, 0.3) is 5.91 Å². The lowest BCUT2D eigenvalue weighted by atomic mass is 10.1. The summed E-state index contributed by atoms with van der Waals surface area (Å²) < 4.78 is 0. The lowest BCUT2D eigenvalue weighted by Gasteiger charge is -2.09. The normalized spacial score (nSPS) is 10.3. The highest BCUT2D eigenvalue weighted by Crippen LogP contribution is 2.18. The summed E-state index contributed by atoms with van der Waals surface area (Å²) in [7, 11) is 0. The Labute approximate surface area is 116 Å². The first-order valence-electron chi connectivity index (χ1n) is 5.78. The molecule has 2 aromatic rings. The molecule has 0 spiro atoms. The molecular weight excluding hydrogens is 262 g/mol. The zero-order chi connectivity index (χ0) is 14.0. The molecule has 1 amide bonds. The topological polar surface area (TPSA) is 68.0 Å². The van der Waals surface area contributed by atoms with E-state index in [0.717, 1.165) is 5.56 Å². The number of nitrogens with zero attached hydrogens (tertiary/aromatic N) is 1. The Morgan fingerprint density at radius 2 is 2.00 bits per heavy atom. The van der Waals surface area contributed by atoms with Crippen LogP contribution < -0.4 is 11.1 Å². The largest absolute Gasteiger partial charge is 0.399 e. The summed E-state index contributed by atoms with van der Waals surface area (Å²) in [6.07, 6.45) is 0. The van der Waals surface area contributed by atoms with Gasteiger partial charge in [-0.3, -0.25) is 4.79 Å². The minimum Gasteiger partial charge on any atom is -0.399 e. The lowest BCUT2D eigenvalue weighted by molar-refractivity contribution is 0.102. The molecule has 0 aliphatic heterocycles. The maximum Gasteiger partial charge on any atom is 0.255 e. The van der Waals surface area contributed by atoms with Crippen LogP contribution in [0.5, 0.6) is 0 Å². The Bertz CT molecular complexity index is 641. The molecule has 0 aliphatic carbocycles. The summed E-state index contributed by atoms with van der Waals surface area (Å²) in [6, 6.07) is 8.53. The van der Waals surface area contributed by atoms with Gasteiger partial charge in [0.15, 0.2) is 0 Å². The van der Waals surface area contributed by atoms with Crippen molar-refractivity contribution in [3.63, 3.8) is 0 Å². The third-order valence-corrected chi connectivity index (χ3v) is 3.04. The van der Waals surface area contributed by atoms with Crippen molar-refractivity contribution in [2.75, 3.05) is 11.1 Å². The number of benzene rings is 1. The van der Waals surface area contributed by atoms with Gasteiger partial charge < -0.3 is 11.1 Å². The Morgan fingerprint density at radius 3 is 2.63 bits per heavy atom. The van der Waals surface area contributed by atoms with Gasteiger partial charge in [-0.1, -0.05) is 11.6 Å². The SMILES string of the molecule is Cc1cc(C(=O)Nc2ccc(Cl)nc2C)ccc1N. The third-order valence-electron chi connectivity index (χ3n) is 2.83. The zero-order valence-electron chi connectivity index (χ0n) is 10.7. The van der Waals surface area contributed by atoms with E-state index in [2.05, 4.69) is 10.3 Å². The number of hydrogen-bond donors (Lipinski definition) is 2. The molecule has 0 unspecified atom stereocenters. The number of nitrogen functional groups attached to an aromatic ring is 1. The molecule has 5 heteroatoms. The second-order valence-electron chi connectivity index (χ2n) is 4.29. The number of nitrogens with two attached hydrogens (primary N) is 1. The molecule has 0 bridgehead atoms. The fourth-order valence-corrected chi connectivity index (χ4v) is 1.86. The maximum absolute atomic E-state index is 12.1. The van der Waals surface area contributed by atoms with E-state index in [1.807, 2.05) is 6.92 Å². The number of aromatic nitrogens is 1. The van der Waals surface area contributed by atoms with Gasteiger partial charge in [-0.15, -0.1) is 0 Å². The van der Waals surface area contributed by atoms with Crippen molar-refractivity contribution in [3.8, 4) is 0 Å². The number of anilines is 2. The van der Waals surface area contributed by atoms with Crippen LogP contribution in [0, 0.1) is 13.8 Å². The number of pyridine rings is 1. The Kier molecular flexibility index (Phi) is 3.71. The van der Waals surface area contributed by atoms with Crippen LogP contribution in [-0.2, 0) is 0 Å². The number of carbonyl (C=O) groups is 1. The molecule has 3 N–H and O–H groups in total. The summed E-state index contributed by atoms with van der Waals surface area (Å²) in [4.78, 5) is 16.2. The average molecular weight is 276 g/mol. The molecule has 4 nitrogen and oxygen atoms in total. The van der Waals surface area contributed by atoms with Crippen LogP contribution in [0.2, 0.25) is 5.15 Å². The summed E-state index contributed by atoms with van der Waals surface area (Å²) in [5.74, 6) is -0.199. The van der Waals surface area contributed by atoms with Crippen LogP contribution in [-0.4, -0.2) is 10.9 Å². The van der Waals surface area contributed by atoms with E-state index < -0.39 is 0 Å². The van der Waals surface area contributed by atoms with E-state index in [1.165, 1.54) is 0 Å². The Balaban J connectivity index is 2.23. The van der Waals surface area contributed by atoms with E-state index in [0.29, 0.717) is 27.8 Å².